The number of carbonyl (C=O) groups excluding carboxylic acids is 1. The number of anilines is 1. The molecule has 27 heavy (non-hydrogen) atoms. The van der Waals surface area contributed by atoms with Crippen molar-refractivity contribution in [2.45, 2.75) is 38.0 Å². The molecule has 0 aliphatic heterocycles. The molecule has 1 aromatic carbocycles. The maximum atomic E-state index is 13.3. The van der Waals surface area contributed by atoms with Crippen molar-refractivity contribution in [1.29, 1.82) is 0 Å². The lowest BCUT2D eigenvalue weighted by molar-refractivity contribution is -0.121. The molecule has 0 unspecified atom stereocenters. The Labute approximate surface area is 158 Å². The summed E-state index contributed by atoms with van der Waals surface area (Å²) in [5, 5.41) is 3.03. The lowest BCUT2D eigenvalue weighted by Crippen LogP contribution is -2.38. The number of nitrogens with zero attached hydrogens (tertiary/aromatic N) is 1. The Kier molecular flexibility index (Phi) is 6.06. The van der Waals surface area contributed by atoms with E-state index >= 15 is 0 Å². The SMILES string of the molecule is COCCOc1ccc(NC(=O)C2(c3ccc(F)cc3)CCCC2)c(C)n1. The first-order valence-electron chi connectivity index (χ1n) is 9.22. The number of nitrogens with one attached hydrogen (secondary N) is 1. The Hall–Kier alpha value is -2.47. The number of aryl methyl sites for hydroxylation is 1. The minimum absolute atomic E-state index is 0.0652. The molecule has 1 fully saturated rings. The molecule has 1 aliphatic rings. The number of hydrogen-bond acceptors (Lipinski definition) is 4. The summed E-state index contributed by atoms with van der Waals surface area (Å²) in [5.41, 5.74) is 1.59. The molecule has 0 spiro atoms. The third kappa shape index (κ3) is 4.27. The van der Waals surface area contributed by atoms with E-state index < -0.39 is 5.41 Å². The van der Waals surface area contributed by atoms with E-state index in [4.69, 9.17) is 9.47 Å². The second-order valence-electron chi connectivity index (χ2n) is 6.87. The van der Waals surface area contributed by atoms with E-state index in [1.165, 1.54) is 12.1 Å². The average molecular weight is 372 g/mol. The zero-order valence-corrected chi connectivity index (χ0v) is 15.8. The van der Waals surface area contributed by atoms with Gasteiger partial charge in [0.2, 0.25) is 11.8 Å². The van der Waals surface area contributed by atoms with Crippen LogP contribution in [-0.4, -0.2) is 31.2 Å². The third-order valence-electron chi connectivity index (χ3n) is 5.13. The minimum atomic E-state index is -0.617. The highest BCUT2D eigenvalue weighted by Crippen LogP contribution is 2.42. The van der Waals surface area contributed by atoms with Gasteiger partial charge in [-0.2, -0.15) is 0 Å². The number of carbonyl (C=O) groups is 1. The Morgan fingerprint density at radius 2 is 1.85 bits per heavy atom. The van der Waals surface area contributed by atoms with Crippen molar-refractivity contribution in [1.82, 2.24) is 4.98 Å². The predicted octanol–water partition coefficient (Wildman–Crippen LogP) is 4.00. The molecule has 0 atom stereocenters. The van der Waals surface area contributed by atoms with Gasteiger partial charge in [-0.25, -0.2) is 9.37 Å². The Morgan fingerprint density at radius 3 is 2.48 bits per heavy atom. The van der Waals surface area contributed by atoms with Gasteiger partial charge < -0.3 is 14.8 Å². The van der Waals surface area contributed by atoms with E-state index in [1.54, 1.807) is 31.4 Å². The summed E-state index contributed by atoms with van der Waals surface area (Å²) in [4.78, 5) is 17.6. The normalized spacial score (nSPS) is 15.5. The number of halogens is 1. The lowest BCUT2D eigenvalue weighted by Gasteiger charge is -2.28. The van der Waals surface area contributed by atoms with Crippen LogP contribution in [0.15, 0.2) is 36.4 Å². The van der Waals surface area contributed by atoms with Crippen molar-refractivity contribution in [2.75, 3.05) is 25.6 Å². The maximum absolute atomic E-state index is 13.3. The van der Waals surface area contributed by atoms with Gasteiger partial charge in [0.15, 0.2) is 0 Å². The molecule has 1 aliphatic carbocycles. The molecule has 2 aromatic rings. The molecule has 0 radical (unpaired) electrons. The van der Waals surface area contributed by atoms with Crippen LogP contribution in [0.2, 0.25) is 0 Å². The highest BCUT2D eigenvalue weighted by Gasteiger charge is 2.42. The first-order chi connectivity index (χ1) is 13.0. The summed E-state index contributed by atoms with van der Waals surface area (Å²) in [6, 6.07) is 9.81. The molecule has 1 aromatic heterocycles. The third-order valence-corrected chi connectivity index (χ3v) is 5.13. The van der Waals surface area contributed by atoms with Gasteiger partial charge in [-0.15, -0.1) is 0 Å². The van der Waals surface area contributed by atoms with Gasteiger partial charge >= 0.3 is 0 Å². The van der Waals surface area contributed by atoms with E-state index in [-0.39, 0.29) is 11.7 Å². The van der Waals surface area contributed by atoms with Crippen LogP contribution in [-0.2, 0) is 14.9 Å². The average Bonchev–Trinajstić information content (AvgIpc) is 3.16. The van der Waals surface area contributed by atoms with Crippen LogP contribution < -0.4 is 10.1 Å². The second-order valence-corrected chi connectivity index (χ2v) is 6.87. The van der Waals surface area contributed by atoms with Crippen molar-refractivity contribution in [3.63, 3.8) is 0 Å². The molecule has 3 rings (SSSR count). The van der Waals surface area contributed by atoms with Gasteiger partial charge in [-0.1, -0.05) is 25.0 Å². The lowest BCUT2D eigenvalue weighted by atomic mass is 9.78. The predicted molar refractivity (Wildman–Crippen MR) is 102 cm³/mol. The summed E-state index contributed by atoms with van der Waals surface area (Å²) in [5.74, 6) is 0.137. The summed E-state index contributed by atoms with van der Waals surface area (Å²) < 4.78 is 23.8. The maximum Gasteiger partial charge on any atom is 0.235 e. The van der Waals surface area contributed by atoms with Gasteiger partial charge in [-0.05, 0) is 43.5 Å². The number of amides is 1. The molecule has 0 saturated heterocycles. The van der Waals surface area contributed by atoms with E-state index in [0.29, 0.717) is 30.5 Å². The Bertz CT molecular complexity index is 787. The summed E-state index contributed by atoms with van der Waals surface area (Å²) in [6.07, 6.45) is 3.48. The first-order valence-corrected chi connectivity index (χ1v) is 9.22. The van der Waals surface area contributed by atoms with Crippen LogP contribution in [0, 0.1) is 12.7 Å². The molecule has 1 heterocycles. The largest absolute Gasteiger partial charge is 0.475 e. The van der Waals surface area contributed by atoms with E-state index in [9.17, 15) is 9.18 Å². The van der Waals surface area contributed by atoms with Crippen molar-refractivity contribution in [2.24, 2.45) is 0 Å². The van der Waals surface area contributed by atoms with Gasteiger partial charge in [0.1, 0.15) is 12.4 Å². The Balaban J connectivity index is 1.77. The van der Waals surface area contributed by atoms with Crippen LogP contribution >= 0.6 is 0 Å². The number of pyridine rings is 1. The molecular formula is C21H25FN2O3. The van der Waals surface area contributed by atoms with E-state index in [2.05, 4.69) is 10.3 Å². The highest BCUT2D eigenvalue weighted by molar-refractivity contribution is 5.99. The smallest absolute Gasteiger partial charge is 0.235 e. The molecule has 1 amide bonds. The fourth-order valence-electron chi connectivity index (χ4n) is 3.62. The zero-order valence-electron chi connectivity index (χ0n) is 15.8. The highest BCUT2D eigenvalue weighted by atomic mass is 19.1. The second kappa shape index (κ2) is 8.48. The van der Waals surface area contributed by atoms with Crippen molar-refractivity contribution >= 4 is 11.6 Å². The topological polar surface area (TPSA) is 60.5 Å². The standard InChI is InChI=1S/C21H25FN2O3/c1-15-18(9-10-19(23-15)27-14-13-26-2)24-20(25)21(11-3-4-12-21)16-5-7-17(22)8-6-16/h5-10H,3-4,11-14H2,1-2H3,(H,24,25). The van der Waals surface area contributed by atoms with Crippen molar-refractivity contribution < 1.29 is 18.7 Å². The van der Waals surface area contributed by atoms with Crippen LogP contribution in [0.1, 0.15) is 36.9 Å². The molecule has 144 valence electrons. The summed E-state index contributed by atoms with van der Waals surface area (Å²) >= 11 is 0. The number of rotatable bonds is 7. The van der Waals surface area contributed by atoms with Crippen molar-refractivity contribution in [3.05, 3.63) is 53.5 Å². The van der Waals surface area contributed by atoms with Gasteiger partial charge in [-0.3, -0.25) is 4.79 Å². The summed E-state index contributed by atoms with van der Waals surface area (Å²) in [7, 11) is 1.61. The zero-order chi connectivity index (χ0) is 19.3. The van der Waals surface area contributed by atoms with Gasteiger partial charge in [0.25, 0.3) is 0 Å². The number of ether oxygens (including phenoxy) is 2. The molecular weight excluding hydrogens is 347 g/mol. The van der Waals surface area contributed by atoms with Crippen LogP contribution in [0.5, 0.6) is 5.88 Å². The van der Waals surface area contributed by atoms with E-state index in [0.717, 1.165) is 31.2 Å². The monoisotopic (exact) mass is 372 g/mol. The Morgan fingerprint density at radius 1 is 1.15 bits per heavy atom. The molecule has 1 saturated carbocycles. The minimum Gasteiger partial charge on any atom is -0.475 e. The molecule has 6 heteroatoms. The fourth-order valence-corrected chi connectivity index (χ4v) is 3.62. The summed E-state index contributed by atoms with van der Waals surface area (Å²) in [6.45, 7) is 2.74. The first kappa shape index (κ1) is 19.3. The van der Waals surface area contributed by atoms with Crippen LogP contribution in [0.3, 0.4) is 0 Å². The number of methoxy groups -OCH3 is 1. The van der Waals surface area contributed by atoms with E-state index in [1.807, 2.05) is 6.92 Å². The fraction of sp³-hybridized carbons (Fsp3) is 0.429. The molecule has 0 bridgehead atoms. The van der Waals surface area contributed by atoms with Gasteiger partial charge in [0, 0.05) is 13.2 Å². The van der Waals surface area contributed by atoms with Crippen LogP contribution in [0.4, 0.5) is 10.1 Å². The van der Waals surface area contributed by atoms with Crippen LogP contribution in [0.25, 0.3) is 0 Å². The number of aromatic nitrogens is 1. The molecule has 5 nitrogen and oxygen atoms in total. The van der Waals surface area contributed by atoms with Gasteiger partial charge in [0.05, 0.1) is 23.4 Å². The quantitative estimate of drug-likeness (QED) is 0.746. The number of hydrogen-bond donors (Lipinski definition) is 1. The van der Waals surface area contributed by atoms with Crippen molar-refractivity contribution in [3.8, 4) is 5.88 Å². The number of benzene rings is 1. The molecule has 1 N–H and O–H groups in total.